The fraction of sp³-hybridized carbons (Fsp3) is 1.00. The molecule has 1 saturated heterocycles. The molecule has 1 heterocycles. The molecular formula is C14H31N3. The summed E-state index contributed by atoms with van der Waals surface area (Å²) in [7, 11) is 2.05. The van der Waals surface area contributed by atoms with Crippen LogP contribution in [0.15, 0.2) is 0 Å². The molecule has 0 amide bonds. The highest BCUT2D eigenvalue weighted by Crippen LogP contribution is 2.18. The Balaban J connectivity index is 2.36. The molecule has 0 aliphatic carbocycles. The number of hydrogen-bond donors (Lipinski definition) is 1. The van der Waals surface area contributed by atoms with E-state index < -0.39 is 0 Å². The average molecular weight is 241 g/mol. The van der Waals surface area contributed by atoms with E-state index in [-0.39, 0.29) is 0 Å². The quantitative estimate of drug-likeness (QED) is 0.809. The second-order valence-corrected chi connectivity index (χ2v) is 6.47. The number of nitrogens with zero attached hydrogens (tertiary/aromatic N) is 2. The van der Waals surface area contributed by atoms with Gasteiger partial charge in [-0.25, -0.2) is 0 Å². The maximum atomic E-state index is 3.33. The third-order valence-electron chi connectivity index (χ3n) is 4.07. The summed E-state index contributed by atoms with van der Waals surface area (Å²) in [6.07, 6.45) is 1.24. The summed E-state index contributed by atoms with van der Waals surface area (Å²) in [6.45, 7) is 16.4. The minimum Gasteiger partial charge on any atom is -0.317 e. The monoisotopic (exact) mass is 241 g/mol. The molecule has 1 N–H and O–H groups in total. The molecule has 3 nitrogen and oxygen atoms in total. The lowest BCUT2D eigenvalue weighted by Gasteiger charge is -2.44. The van der Waals surface area contributed by atoms with Crippen LogP contribution in [0.3, 0.4) is 0 Å². The molecule has 2 atom stereocenters. The SMILES string of the molecule is CNC(C)CC(C)N1CCN(C(C)(C)C)CC1. The maximum Gasteiger partial charge on any atom is 0.0126 e. The molecule has 102 valence electrons. The topological polar surface area (TPSA) is 18.5 Å². The van der Waals surface area contributed by atoms with E-state index in [1.54, 1.807) is 0 Å². The summed E-state index contributed by atoms with van der Waals surface area (Å²) in [5, 5.41) is 3.33. The highest BCUT2D eigenvalue weighted by atomic mass is 15.3. The Kier molecular flexibility index (Phi) is 5.42. The molecule has 1 aliphatic heterocycles. The summed E-state index contributed by atoms with van der Waals surface area (Å²) in [5.74, 6) is 0. The molecular weight excluding hydrogens is 210 g/mol. The van der Waals surface area contributed by atoms with Crippen molar-refractivity contribution in [1.29, 1.82) is 0 Å². The molecule has 0 radical (unpaired) electrons. The molecule has 1 fully saturated rings. The molecule has 0 spiro atoms. The first kappa shape index (κ1) is 14.9. The Morgan fingerprint density at radius 2 is 1.59 bits per heavy atom. The van der Waals surface area contributed by atoms with E-state index >= 15 is 0 Å². The lowest BCUT2D eigenvalue weighted by atomic mass is 10.0. The number of nitrogens with one attached hydrogen (secondary N) is 1. The third kappa shape index (κ3) is 4.57. The first-order chi connectivity index (χ1) is 7.84. The number of rotatable bonds is 4. The second kappa shape index (κ2) is 6.17. The lowest BCUT2D eigenvalue weighted by molar-refractivity contribution is 0.0423. The van der Waals surface area contributed by atoms with Crippen molar-refractivity contribution in [3.63, 3.8) is 0 Å². The van der Waals surface area contributed by atoms with Crippen LogP contribution in [0.25, 0.3) is 0 Å². The molecule has 0 saturated carbocycles. The maximum absolute atomic E-state index is 3.33. The fourth-order valence-corrected chi connectivity index (χ4v) is 2.61. The van der Waals surface area contributed by atoms with E-state index in [1.165, 1.54) is 32.6 Å². The van der Waals surface area contributed by atoms with Gasteiger partial charge in [0, 0.05) is 43.8 Å². The van der Waals surface area contributed by atoms with Gasteiger partial charge in [-0.05, 0) is 48.1 Å². The Morgan fingerprint density at radius 3 is 2.00 bits per heavy atom. The molecule has 1 aliphatic rings. The van der Waals surface area contributed by atoms with Crippen LogP contribution in [0.1, 0.15) is 41.0 Å². The Bertz CT molecular complexity index is 214. The van der Waals surface area contributed by atoms with Gasteiger partial charge < -0.3 is 5.32 Å². The number of hydrogen-bond acceptors (Lipinski definition) is 3. The Hall–Kier alpha value is -0.120. The van der Waals surface area contributed by atoms with Crippen LogP contribution in [0.5, 0.6) is 0 Å². The van der Waals surface area contributed by atoms with E-state index in [0.29, 0.717) is 17.6 Å². The molecule has 0 bridgehead atoms. The van der Waals surface area contributed by atoms with Crippen molar-refractivity contribution in [2.24, 2.45) is 0 Å². The van der Waals surface area contributed by atoms with Crippen LogP contribution in [0.2, 0.25) is 0 Å². The second-order valence-electron chi connectivity index (χ2n) is 6.47. The van der Waals surface area contributed by atoms with Crippen molar-refractivity contribution in [1.82, 2.24) is 15.1 Å². The van der Waals surface area contributed by atoms with Crippen LogP contribution in [-0.2, 0) is 0 Å². The molecule has 2 unspecified atom stereocenters. The van der Waals surface area contributed by atoms with Gasteiger partial charge in [0.15, 0.2) is 0 Å². The molecule has 0 aromatic heterocycles. The van der Waals surface area contributed by atoms with Crippen LogP contribution < -0.4 is 5.32 Å². The van der Waals surface area contributed by atoms with Gasteiger partial charge in [-0.15, -0.1) is 0 Å². The Morgan fingerprint density at radius 1 is 1.06 bits per heavy atom. The van der Waals surface area contributed by atoms with Crippen molar-refractivity contribution < 1.29 is 0 Å². The van der Waals surface area contributed by atoms with Crippen molar-refractivity contribution >= 4 is 0 Å². The zero-order chi connectivity index (χ0) is 13.1. The van der Waals surface area contributed by atoms with Gasteiger partial charge in [0.25, 0.3) is 0 Å². The van der Waals surface area contributed by atoms with Crippen LogP contribution in [0.4, 0.5) is 0 Å². The Labute approximate surface area is 108 Å². The zero-order valence-electron chi connectivity index (χ0n) is 12.6. The van der Waals surface area contributed by atoms with Gasteiger partial charge in [-0.3, -0.25) is 9.80 Å². The standard InChI is InChI=1S/C14H31N3/c1-12(15-6)11-13(2)16-7-9-17(10-8-16)14(3,4)5/h12-13,15H,7-11H2,1-6H3. The smallest absolute Gasteiger partial charge is 0.0126 e. The lowest BCUT2D eigenvalue weighted by Crippen LogP contribution is -2.55. The van der Waals surface area contributed by atoms with Gasteiger partial charge in [0.2, 0.25) is 0 Å². The summed E-state index contributed by atoms with van der Waals surface area (Å²) in [6, 6.07) is 1.31. The first-order valence-corrected chi connectivity index (χ1v) is 7.01. The fourth-order valence-electron chi connectivity index (χ4n) is 2.61. The summed E-state index contributed by atoms with van der Waals surface area (Å²) in [4.78, 5) is 5.23. The van der Waals surface area contributed by atoms with Crippen LogP contribution in [0, 0.1) is 0 Å². The van der Waals surface area contributed by atoms with E-state index in [4.69, 9.17) is 0 Å². The van der Waals surface area contributed by atoms with Crippen molar-refractivity contribution in [3.8, 4) is 0 Å². The van der Waals surface area contributed by atoms with Gasteiger partial charge in [-0.1, -0.05) is 0 Å². The first-order valence-electron chi connectivity index (χ1n) is 7.01. The molecule has 17 heavy (non-hydrogen) atoms. The minimum absolute atomic E-state index is 0.327. The van der Waals surface area contributed by atoms with Crippen molar-refractivity contribution in [2.75, 3.05) is 33.2 Å². The van der Waals surface area contributed by atoms with Crippen LogP contribution in [-0.4, -0.2) is 60.6 Å². The minimum atomic E-state index is 0.327. The largest absolute Gasteiger partial charge is 0.317 e. The summed E-state index contributed by atoms with van der Waals surface area (Å²) in [5.41, 5.74) is 0.327. The number of piperazine rings is 1. The highest BCUT2D eigenvalue weighted by molar-refractivity contribution is 4.84. The molecule has 1 rings (SSSR count). The van der Waals surface area contributed by atoms with E-state index in [9.17, 15) is 0 Å². The predicted octanol–water partition coefficient (Wildman–Crippen LogP) is 1.79. The molecule has 0 aromatic carbocycles. The van der Waals surface area contributed by atoms with Gasteiger partial charge >= 0.3 is 0 Å². The third-order valence-corrected chi connectivity index (χ3v) is 4.07. The summed E-state index contributed by atoms with van der Waals surface area (Å²) >= 11 is 0. The highest BCUT2D eigenvalue weighted by Gasteiger charge is 2.27. The zero-order valence-corrected chi connectivity index (χ0v) is 12.6. The normalized spacial score (nSPS) is 23.6. The van der Waals surface area contributed by atoms with E-state index in [2.05, 4.69) is 56.8 Å². The molecule has 3 heteroatoms. The van der Waals surface area contributed by atoms with Crippen molar-refractivity contribution in [2.45, 2.75) is 58.7 Å². The van der Waals surface area contributed by atoms with Gasteiger partial charge in [-0.2, -0.15) is 0 Å². The van der Waals surface area contributed by atoms with E-state index in [0.717, 1.165) is 0 Å². The summed E-state index contributed by atoms with van der Waals surface area (Å²) < 4.78 is 0. The van der Waals surface area contributed by atoms with E-state index in [1.807, 2.05) is 0 Å². The van der Waals surface area contributed by atoms with Crippen molar-refractivity contribution in [3.05, 3.63) is 0 Å². The van der Waals surface area contributed by atoms with Gasteiger partial charge in [0.1, 0.15) is 0 Å². The van der Waals surface area contributed by atoms with Gasteiger partial charge in [0.05, 0.1) is 0 Å². The average Bonchev–Trinajstić information content (AvgIpc) is 2.27. The predicted molar refractivity (Wildman–Crippen MR) is 75.5 cm³/mol. The van der Waals surface area contributed by atoms with Crippen LogP contribution >= 0.6 is 0 Å². The molecule has 0 aromatic rings.